The lowest BCUT2D eigenvalue weighted by atomic mass is 9.83. The van der Waals surface area contributed by atoms with Crippen LogP contribution in [0, 0.1) is 3.57 Å². The molecule has 29 heavy (non-hydrogen) atoms. The number of rotatable bonds is 9. The number of methoxy groups -OCH3 is 1. The van der Waals surface area contributed by atoms with E-state index in [9.17, 15) is 9.59 Å². The van der Waals surface area contributed by atoms with Crippen LogP contribution in [-0.2, 0) is 31.0 Å². The van der Waals surface area contributed by atoms with E-state index in [1.165, 1.54) is 12.0 Å². The summed E-state index contributed by atoms with van der Waals surface area (Å²) >= 11 is 2.20. The van der Waals surface area contributed by atoms with Crippen LogP contribution in [0.1, 0.15) is 18.1 Å². The van der Waals surface area contributed by atoms with Crippen molar-refractivity contribution in [1.29, 1.82) is 0 Å². The molecule has 0 fully saturated rings. The first-order valence-electron chi connectivity index (χ1n) is 9.21. The summed E-state index contributed by atoms with van der Waals surface area (Å²) in [5.41, 5.74) is 0.825. The molecule has 0 aromatic heterocycles. The average Bonchev–Trinajstić information content (AvgIpc) is 2.74. The molecule has 0 aliphatic heterocycles. The number of hydrogen-bond donors (Lipinski definition) is 0. The molecule has 156 valence electrons. The van der Waals surface area contributed by atoms with Crippen LogP contribution in [0.5, 0.6) is 0 Å². The maximum absolute atomic E-state index is 12.4. The van der Waals surface area contributed by atoms with Crippen molar-refractivity contribution in [3.8, 4) is 0 Å². The maximum atomic E-state index is 12.4. The highest BCUT2D eigenvalue weighted by molar-refractivity contribution is 14.1. The Morgan fingerprint density at radius 3 is 2.48 bits per heavy atom. The van der Waals surface area contributed by atoms with Crippen molar-refractivity contribution < 1.29 is 23.8 Å². The van der Waals surface area contributed by atoms with E-state index in [0.29, 0.717) is 6.54 Å². The Kier molecular flexibility index (Phi) is 8.91. The zero-order chi connectivity index (χ0) is 21.3. The maximum Gasteiger partial charge on any atom is 0.409 e. The monoisotopic (exact) mass is 511 g/mol. The minimum atomic E-state index is -0.928. The normalized spacial score (nSPS) is 12.7. The fraction of sp³-hybridized carbons (Fsp3) is 0.364. The fourth-order valence-electron chi connectivity index (χ4n) is 2.72. The second-order valence-corrected chi connectivity index (χ2v) is 8.09. The fourth-order valence-corrected chi connectivity index (χ4v) is 3.26. The molecule has 0 bridgehead atoms. The first-order chi connectivity index (χ1) is 13.9. The van der Waals surface area contributed by atoms with E-state index in [-0.39, 0.29) is 25.8 Å². The van der Waals surface area contributed by atoms with Gasteiger partial charge in [-0.25, -0.2) is 4.79 Å². The first kappa shape index (κ1) is 23.2. The summed E-state index contributed by atoms with van der Waals surface area (Å²) in [7, 11) is 3.01. The summed E-state index contributed by atoms with van der Waals surface area (Å²) in [6, 6.07) is 17.2. The van der Waals surface area contributed by atoms with E-state index >= 15 is 0 Å². The van der Waals surface area contributed by atoms with E-state index in [0.717, 1.165) is 14.7 Å². The Morgan fingerprint density at radius 1 is 1.10 bits per heavy atom. The van der Waals surface area contributed by atoms with Crippen molar-refractivity contribution in [3.05, 3.63) is 69.3 Å². The standard InChI is InChI=1S/C22H26INO5/c1-22(20(25)27-3,18-10-7-11-19(23)14-18)16-28-13-12-24(2)21(26)29-15-17-8-5-4-6-9-17/h4-11,14H,12-13,15-16H2,1-3H3. The van der Waals surface area contributed by atoms with E-state index < -0.39 is 11.5 Å². The minimum absolute atomic E-state index is 0.146. The Balaban J connectivity index is 1.84. The molecule has 0 radical (unpaired) electrons. The van der Waals surface area contributed by atoms with Crippen molar-refractivity contribution in [3.63, 3.8) is 0 Å². The van der Waals surface area contributed by atoms with Gasteiger partial charge in [-0.3, -0.25) is 4.79 Å². The van der Waals surface area contributed by atoms with Gasteiger partial charge in [-0.05, 0) is 52.8 Å². The van der Waals surface area contributed by atoms with Crippen LogP contribution in [-0.4, -0.2) is 50.9 Å². The molecule has 0 aliphatic rings. The molecule has 1 unspecified atom stereocenters. The molecule has 0 heterocycles. The molecule has 2 rings (SSSR count). The number of hydrogen-bond acceptors (Lipinski definition) is 5. The number of likely N-dealkylation sites (N-methyl/N-ethyl adjacent to an activating group) is 1. The van der Waals surface area contributed by atoms with Gasteiger partial charge in [0.1, 0.15) is 12.0 Å². The van der Waals surface area contributed by atoms with Gasteiger partial charge >= 0.3 is 12.1 Å². The van der Waals surface area contributed by atoms with Crippen molar-refractivity contribution in [2.24, 2.45) is 0 Å². The number of halogens is 1. The molecule has 1 amide bonds. The molecule has 2 aromatic carbocycles. The van der Waals surface area contributed by atoms with Gasteiger partial charge in [-0.1, -0.05) is 42.5 Å². The Labute approximate surface area is 185 Å². The highest BCUT2D eigenvalue weighted by Gasteiger charge is 2.37. The molecule has 6 nitrogen and oxygen atoms in total. The lowest BCUT2D eigenvalue weighted by Crippen LogP contribution is -2.39. The van der Waals surface area contributed by atoms with Crippen LogP contribution < -0.4 is 0 Å². The van der Waals surface area contributed by atoms with Crippen molar-refractivity contribution in [1.82, 2.24) is 4.90 Å². The predicted molar refractivity (Wildman–Crippen MR) is 119 cm³/mol. The SMILES string of the molecule is COC(=O)C(C)(COCCN(C)C(=O)OCc1ccccc1)c1cccc(I)c1. The smallest absolute Gasteiger partial charge is 0.409 e. The van der Waals surface area contributed by atoms with Gasteiger partial charge < -0.3 is 19.1 Å². The number of carbonyl (C=O) groups excluding carboxylic acids is 2. The van der Waals surface area contributed by atoms with Gasteiger partial charge in [0.15, 0.2) is 0 Å². The van der Waals surface area contributed by atoms with Crippen molar-refractivity contribution in [2.45, 2.75) is 18.9 Å². The minimum Gasteiger partial charge on any atom is -0.468 e. The third-order valence-corrected chi connectivity index (χ3v) is 5.25. The van der Waals surface area contributed by atoms with E-state index in [4.69, 9.17) is 14.2 Å². The third kappa shape index (κ3) is 6.71. The summed E-state index contributed by atoms with van der Waals surface area (Å²) in [5.74, 6) is -0.366. The topological polar surface area (TPSA) is 65.1 Å². The first-order valence-corrected chi connectivity index (χ1v) is 10.3. The zero-order valence-electron chi connectivity index (χ0n) is 16.9. The predicted octanol–water partition coefficient (Wildman–Crippen LogP) is 4.01. The van der Waals surface area contributed by atoms with Crippen LogP contribution in [0.4, 0.5) is 4.79 Å². The molecule has 2 aromatic rings. The number of carbonyl (C=O) groups is 2. The molecule has 0 spiro atoms. The lowest BCUT2D eigenvalue weighted by Gasteiger charge is -2.27. The highest BCUT2D eigenvalue weighted by atomic mass is 127. The molecule has 0 saturated heterocycles. The number of esters is 1. The summed E-state index contributed by atoms with van der Waals surface area (Å²) in [4.78, 5) is 26.0. The molecule has 0 aliphatic carbocycles. The van der Waals surface area contributed by atoms with Crippen molar-refractivity contribution in [2.75, 3.05) is 33.9 Å². The van der Waals surface area contributed by atoms with E-state index in [1.807, 2.05) is 54.6 Å². The molecule has 0 saturated carbocycles. The van der Waals surface area contributed by atoms with Gasteiger partial charge in [0.2, 0.25) is 0 Å². The summed E-state index contributed by atoms with van der Waals surface area (Å²) in [6.07, 6.45) is -0.425. The Morgan fingerprint density at radius 2 is 1.83 bits per heavy atom. The number of amides is 1. The highest BCUT2D eigenvalue weighted by Crippen LogP contribution is 2.27. The summed E-state index contributed by atoms with van der Waals surface area (Å²) in [6.45, 7) is 2.78. The number of ether oxygens (including phenoxy) is 3. The Bertz CT molecular complexity index is 814. The molecule has 0 N–H and O–H groups in total. The second kappa shape index (κ2) is 11.2. The van der Waals surface area contributed by atoms with Gasteiger partial charge in [0.25, 0.3) is 0 Å². The van der Waals surface area contributed by atoms with Gasteiger partial charge in [0.05, 0.1) is 20.3 Å². The van der Waals surface area contributed by atoms with Gasteiger partial charge in [0, 0.05) is 17.2 Å². The van der Waals surface area contributed by atoms with E-state index in [2.05, 4.69) is 22.6 Å². The van der Waals surface area contributed by atoms with Crippen molar-refractivity contribution >= 4 is 34.7 Å². The average molecular weight is 511 g/mol. The largest absolute Gasteiger partial charge is 0.468 e. The molecular formula is C22H26INO5. The summed E-state index contributed by atoms with van der Waals surface area (Å²) in [5, 5.41) is 0. The lowest BCUT2D eigenvalue weighted by molar-refractivity contribution is -0.149. The molecular weight excluding hydrogens is 485 g/mol. The van der Waals surface area contributed by atoms with E-state index in [1.54, 1.807) is 14.0 Å². The van der Waals surface area contributed by atoms with Crippen LogP contribution in [0.15, 0.2) is 54.6 Å². The van der Waals surface area contributed by atoms with Crippen LogP contribution >= 0.6 is 22.6 Å². The van der Waals surface area contributed by atoms with Crippen LogP contribution in [0.2, 0.25) is 0 Å². The number of nitrogens with zero attached hydrogens (tertiary/aromatic N) is 1. The Hall–Kier alpha value is -2.13. The van der Waals surface area contributed by atoms with Gasteiger partial charge in [-0.15, -0.1) is 0 Å². The zero-order valence-corrected chi connectivity index (χ0v) is 19.0. The van der Waals surface area contributed by atoms with Gasteiger partial charge in [-0.2, -0.15) is 0 Å². The second-order valence-electron chi connectivity index (χ2n) is 6.85. The molecule has 7 heteroatoms. The molecule has 1 atom stereocenters. The van der Waals surface area contributed by atoms with Crippen LogP contribution in [0.25, 0.3) is 0 Å². The third-order valence-electron chi connectivity index (χ3n) is 4.58. The number of benzene rings is 2. The van der Waals surface area contributed by atoms with Crippen LogP contribution in [0.3, 0.4) is 0 Å². The quantitative estimate of drug-likeness (QED) is 0.289. The summed E-state index contributed by atoms with van der Waals surface area (Å²) < 4.78 is 17.0.